The summed E-state index contributed by atoms with van der Waals surface area (Å²) in [5.74, 6) is -1.06. The minimum atomic E-state index is -3.74. The molecule has 142 valence electrons. The highest BCUT2D eigenvalue weighted by Crippen LogP contribution is 2.43. The van der Waals surface area contributed by atoms with Crippen LogP contribution in [0.3, 0.4) is 0 Å². The van der Waals surface area contributed by atoms with Crippen molar-refractivity contribution >= 4 is 53.1 Å². The van der Waals surface area contributed by atoms with Crippen molar-refractivity contribution in [1.29, 1.82) is 0 Å². The van der Waals surface area contributed by atoms with Crippen LogP contribution in [0.25, 0.3) is 11.4 Å². The number of nitrogens with one attached hydrogen (secondary N) is 1. The van der Waals surface area contributed by atoms with Gasteiger partial charge in [-0.1, -0.05) is 40.5 Å². The summed E-state index contributed by atoms with van der Waals surface area (Å²) in [6.07, 6.45) is 0. The highest BCUT2D eigenvalue weighted by molar-refractivity contribution is 7.72. The molecular formula is C16H11Cl3F2N3O2P. The molecule has 0 aliphatic heterocycles. The summed E-state index contributed by atoms with van der Waals surface area (Å²) in [4.78, 5) is 3.56. The van der Waals surface area contributed by atoms with Crippen LogP contribution in [0.4, 0.5) is 14.5 Å². The van der Waals surface area contributed by atoms with Crippen molar-refractivity contribution in [3.63, 3.8) is 0 Å². The Morgan fingerprint density at radius 3 is 2.37 bits per heavy atom. The first-order valence-electron chi connectivity index (χ1n) is 7.39. The minimum absolute atomic E-state index is 0.0588. The Bertz CT molecular complexity index is 1020. The van der Waals surface area contributed by atoms with Gasteiger partial charge >= 0.3 is 11.3 Å². The van der Waals surface area contributed by atoms with Gasteiger partial charge < -0.3 is 9.61 Å². The molecule has 1 heterocycles. The Morgan fingerprint density at radius 1 is 1.15 bits per heavy atom. The first-order chi connectivity index (χ1) is 12.6. The summed E-state index contributed by atoms with van der Waals surface area (Å²) >= 11 is 16.8. The van der Waals surface area contributed by atoms with Crippen molar-refractivity contribution in [3.8, 4) is 11.4 Å². The molecule has 5 nitrogen and oxygen atoms in total. The van der Waals surface area contributed by atoms with Crippen LogP contribution < -0.4 is 10.4 Å². The van der Waals surface area contributed by atoms with Crippen LogP contribution in [0.2, 0.25) is 10.0 Å². The van der Waals surface area contributed by atoms with Crippen molar-refractivity contribution in [2.24, 2.45) is 0 Å². The van der Waals surface area contributed by atoms with Gasteiger partial charge in [-0.05, 0) is 41.9 Å². The lowest BCUT2D eigenvalue weighted by Gasteiger charge is -2.17. The molecule has 1 atom stereocenters. The van der Waals surface area contributed by atoms with Gasteiger partial charge in [-0.25, -0.2) is 0 Å². The van der Waals surface area contributed by atoms with Crippen molar-refractivity contribution in [2.75, 3.05) is 11.8 Å². The topological polar surface area (TPSA) is 68.0 Å². The number of nitrogens with zero attached hydrogens (tertiary/aromatic N) is 2. The van der Waals surface area contributed by atoms with Gasteiger partial charge in [0.2, 0.25) is 5.82 Å². The van der Waals surface area contributed by atoms with Crippen molar-refractivity contribution in [3.05, 3.63) is 58.4 Å². The lowest BCUT2D eigenvalue weighted by Crippen LogP contribution is -2.10. The van der Waals surface area contributed by atoms with Gasteiger partial charge in [0.15, 0.2) is 7.29 Å². The fourth-order valence-electron chi connectivity index (χ4n) is 2.23. The number of anilines is 1. The van der Waals surface area contributed by atoms with Crippen molar-refractivity contribution in [2.45, 2.75) is 5.38 Å². The predicted octanol–water partition coefficient (Wildman–Crippen LogP) is 5.98. The van der Waals surface area contributed by atoms with E-state index in [4.69, 9.17) is 34.8 Å². The van der Waals surface area contributed by atoms with E-state index in [2.05, 4.69) is 19.8 Å². The standard InChI is InChI=1S/C16H11Cl3F2N3O2P/c1-27(25,24-13-7-4-10(17)8-12(13)18)11-5-2-9(3-6-11)14-22-15(26-23-14)16(19,20)21/h2-8H,1H3,(H,24,25). The number of benzene rings is 2. The molecule has 0 radical (unpaired) electrons. The molecule has 0 amide bonds. The maximum atomic E-state index is 13.0. The molecule has 1 aromatic heterocycles. The smallest absolute Gasteiger partial charge is 0.332 e. The second-order valence-corrected chi connectivity index (χ2v) is 9.53. The molecule has 3 aromatic rings. The third kappa shape index (κ3) is 4.61. The Hall–Kier alpha value is -1.66. The summed E-state index contributed by atoms with van der Waals surface area (Å²) in [6, 6.07) is 11.0. The SMILES string of the molecule is CP(=O)(Nc1ccc(Cl)cc1Cl)c1ccc(-c2noc(C(F)(F)Cl)n2)cc1. The Kier molecular flexibility index (Phi) is 5.50. The van der Waals surface area contributed by atoms with E-state index >= 15 is 0 Å². The summed E-state index contributed by atoms with van der Waals surface area (Å²) in [6.45, 7) is 1.54. The monoisotopic (exact) mass is 451 g/mol. The first kappa shape index (κ1) is 20.1. The number of alkyl halides is 3. The van der Waals surface area contributed by atoms with Gasteiger partial charge in [-0.3, -0.25) is 4.57 Å². The highest BCUT2D eigenvalue weighted by atomic mass is 35.5. The van der Waals surface area contributed by atoms with E-state index in [0.29, 0.717) is 26.6 Å². The summed E-state index contributed by atoms with van der Waals surface area (Å²) in [5.41, 5.74) is 0.877. The molecule has 0 aliphatic carbocycles. The van der Waals surface area contributed by atoms with Crippen LogP contribution in [0.1, 0.15) is 5.89 Å². The molecular weight excluding hydrogens is 442 g/mol. The number of hydrogen-bond acceptors (Lipinski definition) is 4. The van der Waals surface area contributed by atoms with Crippen LogP contribution in [-0.2, 0) is 9.95 Å². The largest absolute Gasteiger partial charge is 0.400 e. The second kappa shape index (κ2) is 7.40. The zero-order valence-electron chi connectivity index (χ0n) is 13.6. The van der Waals surface area contributed by atoms with Gasteiger partial charge in [-0.2, -0.15) is 13.8 Å². The van der Waals surface area contributed by atoms with E-state index in [1.165, 1.54) is 24.9 Å². The maximum absolute atomic E-state index is 13.0. The molecule has 0 aliphatic rings. The van der Waals surface area contributed by atoms with Gasteiger partial charge in [0.1, 0.15) is 0 Å². The van der Waals surface area contributed by atoms with E-state index in [-0.39, 0.29) is 5.82 Å². The normalized spacial score (nSPS) is 14.0. The number of rotatable bonds is 5. The molecule has 11 heteroatoms. The van der Waals surface area contributed by atoms with Crippen LogP contribution in [0, 0.1) is 0 Å². The number of hydrogen-bond donors (Lipinski definition) is 1. The van der Waals surface area contributed by atoms with E-state index in [0.717, 1.165) is 0 Å². The summed E-state index contributed by atoms with van der Waals surface area (Å²) in [5, 5.41) is 3.92. The molecule has 0 saturated carbocycles. The third-order valence-corrected chi connectivity index (χ3v) is 6.21. The molecule has 0 spiro atoms. The van der Waals surface area contributed by atoms with Crippen molar-refractivity contribution in [1.82, 2.24) is 10.1 Å². The number of halogens is 5. The Balaban J connectivity index is 1.83. The number of aromatic nitrogens is 2. The van der Waals surface area contributed by atoms with E-state index in [1.54, 1.807) is 24.3 Å². The molecule has 2 aromatic carbocycles. The van der Waals surface area contributed by atoms with Gasteiger partial charge in [0, 0.05) is 22.6 Å². The fourth-order valence-corrected chi connectivity index (χ4v) is 4.33. The van der Waals surface area contributed by atoms with E-state index in [9.17, 15) is 13.3 Å². The van der Waals surface area contributed by atoms with Gasteiger partial charge in [0.25, 0.3) is 0 Å². The molecule has 0 fully saturated rings. The lowest BCUT2D eigenvalue weighted by atomic mass is 10.2. The second-order valence-electron chi connectivity index (χ2n) is 5.63. The first-order valence-corrected chi connectivity index (χ1v) is 10.7. The van der Waals surface area contributed by atoms with E-state index < -0.39 is 18.6 Å². The molecule has 0 saturated heterocycles. The minimum Gasteiger partial charge on any atom is -0.332 e. The van der Waals surface area contributed by atoms with E-state index in [1.807, 2.05) is 0 Å². The zero-order chi connectivity index (χ0) is 19.8. The quantitative estimate of drug-likeness (QED) is 0.381. The zero-order valence-corrected chi connectivity index (χ0v) is 16.8. The Labute approximate surface area is 168 Å². The molecule has 0 bridgehead atoms. The third-order valence-electron chi connectivity index (χ3n) is 3.55. The summed E-state index contributed by atoms with van der Waals surface area (Å²) < 4.78 is 43.4. The van der Waals surface area contributed by atoms with Crippen LogP contribution in [0.5, 0.6) is 0 Å². The fraction of sp³-hybridized carbons (Fsp3) is 0.125. The van der Waals surface area contributed by atoms with Crippen LogP contribution in [0.15, 0.2) is 47.0 Å². The average molecular weight is 453 g/mol. The predicted molar refractivity (Wildman–Crippen MR) is 103 cm³/mol. The van der Waals surface area contributed by atoms with Gasteiger partial charge in [-0.15, -0.1) is 0 Å². The lowest BCUT2D eigenvalue weighted by molar-refractivity contribution is 0.0551. The average Bonchev–Trinajstić information content (AvgIpc) is 3.08. The van der Waals surface area contributed by atoms with Crippen molar-refractivity contribution < 1.29 is 17.9 Å². The highest BCUT2D eigenvalue weighted by Gasteiger charge is 2.35. The van der Waals surface area contributed by atoms with Crippen LogP contribution >= 0.6 is 42.1 Å². The van der Waals surface area contributed by atoms with Gasteiger partial charge in [0.05, 0.1) is 10.7 Å². The summed E-state index contributed by atoms with van der Waals surface area (Å²) in [7, 11) is -3.02. The molecule has 1 N–H and O–H groups in total. The molecule has 27 heavy (non-hydrogen) atoms. The van der Waals surface area contributed by atoms with Crippen LogP contribution in [-0.4, -0.2) is 16.8 Å². The maximum Gasteiger partial charge on any atom is 0.400 e. The Morgan fingerprint density at radius 2 is 1.81 bits per heavy atom. The molecule has 1 unspecified atom stereocenters. The molecule has 3 rings (SSSR count).